The van der Waals surface area contributed by atoms with Gasteiger partial charge in [0, 0.05) is 30.4 Å². The molecule has 0 spiro atoms. The van der Waals surface area contributed by atoms with Crippen LogP contribution in [0.15, 0.2) is 48.5 Å². The van der Waals surface area contributed by atoms with Crippen molar-refractivity contribution in [2.24, 2.45) is 0 Å². The lowest BCUT2D eigenvalue weighted by Gasteiger charge is -2.08. The van der Waals surface area contributed by atoms with E-state index in [-0.39, 0.29) is 11.7 Å². The number of halogens is 1. The van der Waals surface area contributed by atoms with Gasteiger partial charge in [-0.2, -0.15) is 0 Å². The van der Waals surface area contributed by atoms with Crippen molar-refractivity contribution in [2.45, 2.75) is 13.5 Å². The summed E-state index contributed by atoms with van der Waals surface area (Å²) in [7, 11) is 0. The second kappa shape index (κ2) is 6.00. The number of carbonyl (C=O) groups excluding carboxylic acids is 1. The minimum atomic E-state index is -0.218. The number of hydrogen-bond acceptors (Lipinski definition) is 2. The maximum Gasteiger partial charge on any atom is 0.221 e. The summed E-state index contributed by atoms with van der Waals surface area (Å²) in [5.41, 5.74) is 2.23. The van der Waals surface area contributed by atoms with E-state index in [2.05, 4.69) is 10.6 Å². The molecule has 0 saturated carbocycles. The van der Waals surface area contributed by atoms with Crippen LogP contribution in [0.1, 0.15) is 12.5 Å². The van der Waals surface area contributed by atoms with E-state index in [1.165, 1.54) is 13.0 Å². The lowest BCUT2D eigenvalue weighted by atomic mass is 10.2. The largest absolute Gasteiger partial charge is 0.381 e. The average molecular weight is 258 g/mol. The Bertz CT molecular complexity index is 567. The molecular formula is C15H15FN2O. The molecular weight excluding hydrogens is 243 g/mol. The monoisotopic (exact) mass is 258 g/mol. The van der Waals surface area contributed by atoms with Crippen molar-refractivity contribution in [1.82, 2.24) is 0 Å². The molecule has 0 bridgehead atoms. The topological polar surface area (TPSA) is 41.1 Å². The van der Waals surface area contributed by atoms with Gasteiger partial charge in [-0.3, -0.25) is 4.79 Å². The summed E-state index contributed by atoms with van der Waals surface area (Å²) in [6.45, 7) is 1.89. The van der Waals surface area contributed by atoms with Crippen LogP contribution < -0.4 is 10.6 Å². The van der Waals surface area contributed by atoms with Gasteiger partial charge in [0.05, 0.1) is 0 Å². The first kappa shape index (κ1) is 13.1. The highest BCUT2D eigenvalue weighted by Crippen LogP contribution is 2.15. The molecule has 2 N–H and O–H groups in total. The molecule has 2 rings (SSSR count). The van der Waals surface area contributed by atoms with E-state index >= 15 is 0 Å². The Morgan fingerprint density at radius 2 is 1.68 bits per heavy atom. The summed E-state index contributed by atoms with van der Waals surface area (Å²) in [6.07, 6.45) is 0. The molecule has 0 radical (unpaired) electrons. The fourth-order valence-electron chi connectivity index (χ4n) is 1.71. The lowest BCUT2D eigenvalue weighted by molar-refractivity contribution is -0.114. The molecule has 0 unspecified atom stereocenters. The molecule has 0 heterocycles. The lowest BCUT2D eigenvalue weighted by Crippen LogP contribution is -2.06. The van der Waals surface area contributed by atoms with Gasteiger partial charge < -0.3 is 10.6 Å². The Hall–Kier alpha value is -2.36. The van der Waals surface area contributed by atoms with Gasteiger partial charge in [-0.25, -0.2) is 4.39 Å². The fraction of sp³-hybridized carbons (Fsp3) is 0.133. The van der Waals surface area contributed by atoms with Crippen molar-refractivity contribution in [3.63, 3.8) is 0 Å². The second-order valence-electron chi connectivity index (χ2n) is 4.20. The molecule has 19 heavy (non-hydrogen) atoms. The van der Waals surface area contributed by atoms with Gasteiger partial charge in [0.1, 0.15) is 5.82 Å². The third kappa shape index (κ3) is 3.81. The molecule has 98 valence electrons. The molecule has 2 aromatic rings. The maximum absolute atomic E-state index is 13.4. The molecule has 0 aromatic heterocycles. The van der Waals surface area contributed by atoms with E-state index < -0.39 is 0 Å². The van der Waals surface area contributed by atoms with Crippen LogP contribution in [0.25, 0.3) is 0 Å². The van der Waals surface area contributed by atoms with Gasteiger partial charge in [-0.05, 0) is 30.3 Å². The molecule has 0 saturated heterocycles. The zero-order valence-corrected chi connectivity index (χ0v) is 10.6. The molecule has 3 nitrogen and oxygen atoms in total. The first-order valence-corrected chi connectivity index (χ1v) is 6.00. The van der Waals surface area contributed by atoms with Gasteiger partial charge in [-0.1, -0.05) is 18.2 Å². The SMILES string of the molecule is CC(=O)Nc1ccc(NCc2ccccc2F)cc1. The van der Waals surface area contributed by atoms with Crippen molar-refractivity contribution < 1.29 is 9.18 Å². The fourth-order valence-corrected chi connectivity index (χ4v) is 1.71. The molecule has 4 heteroatoms. The Morgan fingerprint density at radius 1 is 1.05 bits per heavy atom. The Labute approximate surface area is 111 Å². The third-order valence-electron chi connectivity index (χ3n) is 2.65. The highest BCUT2D eigenvalue weighted by atomic mass is 19.1. The number of rotatable bonds is 4. The highest BCUT2D eigenvalue weighted by Gasteiger charge is 2.00. The van der Waals surface area contributed by atoms with E-state index in [0.29, 0.717) is 12.1 Å². The molecule has 0 aliphatic rings. The predicted octanol–water partition coefficient (Wildman–Crippen LogP) is 3.40. The van der Waals surface area contributed by atoms with Crippen LogP contribution >= 0.6 is 0 Å². The van der Waals surface area contributed by atoms with E-state index in [1.807, 2.05) is 12.1 Å². The summed E-state index contributed by atoms with van der Waals surface area (Å²) in [6, 6.07) is 13.9. The van der Waals surface area contributed by atoms with Gasteiger partial charge >= 0.3 is 0 Å². The van der Waals surface area contributed by atoms with Crippen LogP contribution in [-0.4, -0.2) is 5.91 Å². The minimum absolute atomic E-state index is 0.105. The van der Waals surface area contributed by atoms with Crippen molar-refractivity contribution in [3.8, 4) is 0 Å². The second-order valence-corrected chi connectivity index (χ2v) is 4.20. The first-order valence-electron chi connectivity index (χ1n) is 6.00. The molecule has 1 amide bonds. The third-order valence-corrected chi connectivity index (χ3v) is 2.65. The quantitative estimate of drug-likeness (QED) is 0.882. The number of nitrogens with one attached hydrogen (secondary N) is 2. The van der Waals surface area contributed by atoms with Crippen LogP contribution in [-0.2, 0) is 11.3 Å². The first-order chi connectivity index (χ1) is 9.15. The van der Waals surface area contributed by atoms with Crippen LogP contribution in [0.2, 0.25) is 0 Å². The Balaban J connectivity index is 1.97. The minimum Gasteiger partial charge on any atom is -0.381 e. The van der Waals surface area contributed by atoms with E-state index in [0.717, 1.165) is 11.4 Å². The summed E-state index contributed by atoms with van der Waals surface area (Å²) in [5.74, 6) is -0.322. The average Bonchev–Trinajstić information content (AvgIpc) is 2.39. The number of anilines is 2. The van der Waals surface area contributed by atoms with Crippen molar-refractivity contribution >= 4 is 17.3 Å². The zero-order chi connectivity index (χ0) is 13.7. The van der Waals surface area contributed by atoms with E-state index in [4.69, 9.17) is 0 Å². The molecule has 2 aromatic carbocycles. The van der Waals surface area contributed by atoms with Crippen LogP contribution in [0.4, 0.5) is 15.8 Å². The normalized spacial score (nSPS) is 10.0. The van der Waals surface area contributed by atoms with Gasteiger partial charge in [0.15, 0.2) is 0 Å². The highest BCUT2D eigenvalue weighted by molar-refractivity contribution is 5.88. The summed E-state index contributed by atoms with van der Waals surface area (Å²) < 4.78 is 13.4. The predicted molar refractivity (Wildman–Crippen MR) is 74.5 cm³/mol. The van der Waals surface area contributed by atoms with Crippen molar-refractivity contribution in [1.29, 1.82) is 0 Å². The van der Waals surface area contributed by atoms with Gasteiger partial charge in [-0.15, -0.1) is 0 Å². The molecule has 0 atom stereocenters. The van der Waals surface area contributed by atoms with Crippen molar-refractivity contribution in [3.05, 3.63) is 59.9 Å². The van der Waals surface area contributed by atoms with Gasteiger partial charge in [0.25, 0.3) is 0 Å². The molecule has 0 aliphatic carbocycles. The smallest absolute Gasteiger partial charge is 0.221 e. The summed E-state index contributed by atoms with van der Waals surface area (Å²) >= 11 is 0. The summed E-state index contributed by atoms with van der Waals surface area (Å²) in [5, 5.41) is 5.82. The standard InChI is InChI=1S/C15H15FN2O/c1-11(19)18-14-8-6-13(7-9-14)17-10-12-4-2-3-5-15(12)16/h2-9,17H,10H2,1H3,(H,18,19). The van der Waals surface area contributed by atoms with Crippen molar-refractivity contribution in [2.75, 3.05) is 10.6 Å². The van der Waals surface area contributed by atoms with Crippen LogP contribution in [0, 0.1) is 5.82 Å². The van der Waals surface area contributed by atoms with Crippen LogP contribution in [0.5, 0.6) is 0 Å². The number of benzene rings is 2. The van der Waals surface area contributed by atoms with Gasteiger partial charge in [0.2, 0.25) is 5.91 Å². The van der Waals surface area contributed by atoms with E-state index in [9.17, 15) is 9.18 Å². The number of carbonyl (C=O) groups is 1. The molecule has 0 fully saturated rings. The van der Waals surface area contributed by atoms with E-state index in [1.54, 1.807) is 30.3 Å². The summed E-state index contributed by atoms with van der Waals surface area (Å²) in [4.78, 5) is 10.9. The van der Waals surface area contributed by atoms with Crippen LogP contribution in [0.3, 0.4) is 0 Å². The zero-order valence-electron chi connectivity index (χ0n) is 10.6. The maximum atomic E-state index is 13.4. The number of hydrogen-bond donors (Lipinski definition) is 2. The Kier molecular flexibility index (Phi) is 4.13. The Morgan fingerprint density at radius 3 is 2.32 bits per heavy atom. The molecule has 0 aliphatic heterocycles. The number of amides is 1.